The number of rotatable bonds is 2. The Bertz CT molecular complexity index is 368. The SMILES string of the molecule is COc1cccc(N2CC3C(N)C3C2)c1. The van der Waals surface area contributed by atoms with Crippen LogP contribution >= 0.6 is 0 Å². The fourth-order valence-electron chi connectivity index (χ4n) is 2.59. The van der Waals surface area contributed by atoms with Gasteiger partial charge in [0.2, 0.25) is 0 Å². The first-order chi connectivity index (χ1) is 7.29. The molecule has 2 aliphatic rings. The standard InChI is InChI=1S/C12H16N2O/c1-15-9-4-2-3-8(5-9)14-6-10-11(7-14)12(10)13/h2-5,10-12H,6-7,13H2,1H3. The van der Waals surface area contributed by atoms with E-state index < -0.39 is 0 Å². The maximum Gasteiger partial charge on any atom is 0.120 e. The molecule has 1 aromatic rings. The summed E-state index contributed by atoms with van der Waals surface area (Å²) < 4.78 is 5.22. The van der Waals surface area contributed by atoms with Gasteiger partial charge in [-0.05, 0) is 24.0 Å². The van der Waals surface area contributed by atoms with Crippen LogP contribution in [0, 0.1) is 11.8 Å². The summed E-state index contributed by atoms with van der Waals surface area (Å²) in [6, 6.07) is 8.71. The van der Waals surface area contributed by atoms with Crippen LogP contribution in [0.2, 0.25) is 0 Å². The lowest BCUT2D eigenvalue weighted by Crippen LogP contribution is -2.27. The van der Waals surface area contributed by atoms with Crippen LogP contribution in [0.1, 0.15) is 0 Å². The van der Waals surface area contributed by atoms with E-state index in [2.05, 4.69) is 17.0 Å². The van der Waals surface area contributed by atoms with Crippen LogP contribution in [0.15, 0.2) is 24.3 Å². The van der Waals surface area contributed by atoms with Gasteiger partial charge < -0.3 is 15.4 Å². The third-order valence-corrected chi connectivity index (χ3v) is 3.68. The second-order valence-corrected chi connectivity index (χ2v) is 4.51. The van der Waals surface area contributed by atoms with Crippen LogP contribution in [0.25, 0.3) is 0 Å². The van der Waals surface area contributed by atoms with Gasteiger partial charge in [0.15, 0.2) is 0 Å². The van der Waals surface area contributed by atoms with Crippen LogP contribution in [0.4, 0.5) is 5.69 Å². The van der Waals surface area contributed by atoms with E-state index in [1.807, 2.05) is 12.1 Å². The minimum Gasteiger partial charge on any atom is -0.497 e. The zero-order valence-corrected chi connectivity index (χ0v) is 8.89. The van der Waals surface area contributed by atoms with Gasteiger partial charge in [0, 0.05) is 30.9 Å². The molecule has 1 aliphatic heterocycles. The third kappa shape index (κ3) is 1.38. The van der Waals surface area contributed by atoms with E-state index in [4.69, 9.17) is 10.5 Å². The fourth-order valence-corrected chi connectivity index (χ4v) is 2.59. The molecule has 0 aromatic heterocycles. The van der Waals surface area contributed by atoms with Crippen LogP contribution in [-0.4, -0.2) is 26.2 Å². The Morgan fingerprint density at radius 3 is 2.73 bits per heavy atom. The zero-order valence-electron chi connectivity index (χ0n) is 8.89. The molecule has 1 aromatic carbocycles. The van der Waals surface area contributed by atoms with Gasteiger partial charge in [0.05, 0.1) is 7.11 Å². The molecule has 80 valence electrons. The molecule has 2 fully saturated rings. The zero-order chi connectivity index (χ0) is 10.4. The molecule has 0 bridgehead atoms. The van der Waals surface area contributed by atoms with Crippen molar-refractivity contribution >= 4 is 5.69 Å². The van der Waals surface area contributed by atoms with Gasteiger partial charge in [-0.2, -0.15) is 0 Å². The molecule has 2 N–H and O–H groups in total. The van der Waals surface area contributed by atoms with E-state index in [0.29, 0.717) is 6.04 Å². The lowest BCUT2D eigenvalue weighted by molar-refractivity contribution is 0.415. The largest absolute Gasteiger partial charge is 0.497 e. The van der Waals surface area contributed by atoms with Gasteiger partial charge in [0.1, 0.15) is 5.75 Å². The molecular formula is C12H16N2O. The molecule has 1 aliphatic carbocycles. The number of hydrogen-bond acceptors (Lipinski definition) is 3. The van der Waals surface area contributed by atoms with E-state index in [1.165, 1.54) is 5.69 Å². The van der Waals surface area contributed by atoms with E-state index >= 15 is 0 Å². The van der Waals surface area contributed by atoms with Crippen molar-refractivity contribution in [3.63, 3.8) is 0 Å². The summed E-state index contributed by atoms with van der Waals surface area (Å²) in [6.45, 7) is 2.22. The summed E-state index contributed by atoms with van der Waals surface area (Å²) >= 11 is 0. The van der Waals surface area contributed by atoms with E-state index in [9.17, 15) is 0 Å². The summed E-state index contributed by atoms with van der Waals surface area (Å²) in [7, 11) is 1.70. The van der Waals surface area contributed by atoms with Crippen molar-refractivity contribution in [3.05, 3.63) is 24.3 Å². The first-order valence-electron chi connectivity index (χ1n) is 5.44. The highest BCUT2D eigenvalue weighted by Crippen LogP contribution is 2.45. The fraction of sp³-hybridized carbons (Fsp3) is 0.500. The number of nitrogens with zero attached hydrogens (tertiary/aromatic N) is 1. The molecule has 2 atom stereocenters. The first-order valence-corrected chi connectivity index (χ1v) is 5.44. The number of methoxy groups -OCH3 is 1. The second-order valence-electron chi connectivity index (χ2n) is 4.51. The Morgan fingerprint density at radius 1 is 1.33 bits per heavy atom. The maximum atomic E-state index is 5.92. The number of hydrogen-bond donors (Lipinski definition) is 1. The van der Waals surface area contributed by atoms with E-state index in [0.717, 1.165) is 30.7 Å². The Morgan fingerprint density at radius 2 is 2.07 bits per heavy atom. The first kappa shape index (κ1) is 9.04. The normalized spacial score (nSPS) is 32.7. The number of fused-ring (bicyclic) bond motifs is 1. The second kappa shape index (κ2) is 3.14. The molecule has 3 heteroatoms. The van der Waals surface area contributed by atoms with Crippen molar-refractivity contribution in [2.75, 3.05) is 25.1 Å². The highest BCUT2D eigenvalue weighted by molar-refractivity contribution is 5.53. The minimum atomic E-state index is 0.465. The minimum absolute atomic E-state index is 0.465. The predicted molar refractivity (Wildman–Crippen MR) is 60.2 cm³/mol. The molecule has 15 heavy (non-hydrogen) atoms. The van der Waals surface area contributed by atoms with Gasteiger partial charge in [-0.25, -0.2) is 0 Å². The predicted octanol–water partition coefficient (Wildman–Crippen LogP) is 1.09. The summed E-state index contributed by atoms with van der Waals surface area (Å²) in [5, 5.41) is 0. The van der Waals surface area contributed by atoms with Crippen molar-refractivity contribution in [2.45, 2.75) is 6.04 Å². The van der Waals surface area contributed by atoms with Crippen LogP contribution < -0.4 is 15.4 Å². The van der Waals surface area contributed by atoms with Gasteiger partial charge in [0.25, 0.3) is 0 Å². The van der Waals surface area contributed by atoms with Crippen molar-refractivity contribution in [2.24, 2.45) is 17.6 Å². The number of benzene rings is 1. The maximum absolute atomic E-state index is 5.92. The summed E-state index contributed by atoms with van der Waals surface area (Å²) in [6.07, 6.45) is 0. The van der Waals surface area contributed by atoms with Gasteiger partial charge in [-0.15, -0.1) is 0 Å². The lowest BCUT2D eigenvalue weighted by atomic mass is 10.2. The molecule has 1 saturated carbocycles. The van der Waals surface area contributed by atoms with Crippen molar-refractivity contribution in [1.82, 2.24) is 0 Å². The average Bonchev–Trinajstić information content (AvgIpc) is 2.73. The Labute approximate surface area is 89.8 Å². The van der Waals surface area contributed by atoms with E-state index in [1.54, 1.807) is 7.11 Å². The summed E-state index contributed by atoms with van der Waals surface area (Å²) in [5.41, 5.74) is 7.17. The number of ether oxygens (including phenoxy) is 1. The van der Waals surface area contributed by atoms with Gasteiger partial charge in [-0.3, -0.25) is 0 Å². The molecule has 0 spiro atoms. The van der Waals surface area contributed by atoms with Crippen molar-refractivity contribution in [3.8, 4) is 5.75 Å². The summed E-state index contributed by atoms with van der Waals surface area (Å²) in [4.78, 5) is 2.40. The molecule has 0 amide bonds. The Kier molecular flexibility index (Phi) is 1.89. The number of piperidine rings is 1. The number of anilines is 1. The third-order valence-electron chi connectivity index (χ3n) is 3.68. The van der Waals surface area contributed by atoms with Crippen LogP contribution in [0.5, 0.6) is 5.75 Å². The van der Waals surface area contributed by atoms with Gasteiger partial charge in [-0.1, -0.05) is 6.07 Å². The quantitative estimate of drug-likeness (QED) is 0.783. The molecular weight excluding hydrogens is 188 g/mol. The molecule has 3 rings (SSSR count). The monoisotopic (exact) mass is 204 g/mol. The lowest BCUT2D eigenvalue weighted by Gasteiger charge is -2.21. The highest BCUT2D eigenvalue weighted by Gasteiger charge is 2.53. The molecule has 1 saturated heterocycles. The Hall–Kier alpha value is -1.22. The van der Waals surface area contributed by atoms with Crippen molar-refractivity contribution in [1.29, 1.82) is 0 Å². The Balaban J connectivity index is 1.77. The number of nitrogens with two attached hydrogens (primary N) is 1. The summed E-state index contributed by atoms with van der Waals surface area (Å²) in [5.74, 6) is 2.39. The topological polar surface area (TPSA) is 38.5 Å². The van der Waals surface area contributed by atoms with Crippen LogP contribution in [0.3, 0.4) is 0 Å². The van der Waals surface area contributed by atoms with Crippen LogP contribution in [-0.2, 0) is 0 Å². The molecule has 2 unspecified atom stereocenters. The average molecular weight is 204 g/mol. The van der Waals surface area contributed by atoms with Gasteiger partial charge >= 0.3 is 0 Å². The van der Waals surface area contributed by atoms with Crippen molar-refractivity contribution < 1.29 is 4.74 Å². The smallest absolute Gasteiger partial charge is 0.120 e. The molecule has 0 radical (unpaired) electrons. The molecule has 3 nitrogen and oxygen atoms in total. The molecule has 1 heterocycles. The van der Waals surface area contributed by atoms with E-state index in [-0.39, 0.29) is 0 Å². The highest BCUT2D eigenvalue weighted by atomic mass is 16.5.